The molecule has 0 aromatic heterocycles. The van der Waals surface area contributed by atoms with Gasteiger partial charge in [-0.25, -0.2) is 0 Å². The third kappa shape index (κ3) is 3.00. The lowest BCUT2D eigenvalue weighted by atomic mass is 9.94. The summed E-state index contributed by atoms with van der Waals surface area (Å²) in [5.74, 6) is 0. The molecule has 0 atom stereocenters. The fraction of sp³-hybridized carbons (Fsp3) is 0.500. The van der Waals surface area contributed by atoms with Crippen molar-refractivity contribution in [3.63, 3.8) is 0 Å². The number of nitrogens with zero attached hydrogens (tertiary/aromatic N) is 2. The van der Waals surface area contributed by atoms with E-state index in [1.54, 1.807) is 12.1 Å². The Kier molecular flexibility index (Phi) is 3.85. The van der Waals surface area contributed by atoms with Gasteiger partial charge in [0.05, 0.1) is 17.2 Å². The SMILES string of the molecule is CN(CC1(O)CCOCC1)c1ccc(C#N)cc1. The maximum Gasteiger partial charge on any atom is 0.0991 e. The van der Waals surface area contributed by atoms with E-state index >= 15 is 0 Å². The van der Waals surface area contributed by atoms with Gasteiger partial charge in [0.15, 0.2) is 0 Å². The van der Waals surface area contributed by atoms with Crippen molar-refractivity contribution in [1.82, 2.24) is 0 Å². The molecule has 1 saturated heterocycles. The monoisotopic (exact) mass is 246 g/mol. The number of anilines is 1. The van der Waals surface area contributed by atoms with Gasteiger partial charge in [0, 0.05) is 45.3 Å². The van der Waals surface area contributed by atoms with Gasteiger partial charge in [-0.3, -0.25) is 0 Å². The van der Waals surface area contributed by atoms with Crippen LogP contribution in [0.25, 0.3) is 0 Å². The van der Waals surface area contributed by atoms with Gasteiger partial charge in [0.1, 0.15) is 0 Å². The topological polar surface area (TPSA) is 56.5 Å². The first kappa shape index (κ1) is 12.9. The van der Waals surface area contributed by atoms with Crippen molar-refractivity contribution in [3.8, 4) is 6.07 Å². The second-order valence-electron chi connectivity index (χ2n) is 4.85. The van der Waals surface area contributed by atoms with Crippen molar-refractivity contribution >= 4 is 5.69 Å². The van der Waals surface area contributed by atoms with Gasteiger partial charge in [0.2, 0.25) is 0 Å². The highest BCUT2D eigenvalue weighted by Gasteiger charge is 2.31. The summed E-state index contributed by atoms with van der Waals surface area (Å²) in [5, 5.41) is 19.2. The highest BCUT2D eigenvalue weighted by atomic mass is 16.5. The lowest BCUT2D eigenvalue weighted by Crippen LogP contribution is -2.45. The average molecular weight is 246 g/mol. The number of ether oxygens (including phenoxy) is 1. The summed E-state index contributed by atoms with van der Waals surface area (Å²) in [4.78, 5) is 2.02. The van der Waals surface area contributed by atoms with E-state index in [2.05, 4.69) is 6.07 Å². The van der Waals surface area contributed by atoms with E-state index in [9.17, 15) is 5.11 Å². The van der Waals surface area contributed by atoms with Gasteiger partial charge < -0.3 is 14.7 Å². The van der Waals surface area contributed by atoms with Crippen LogP contribution >= 0.6 is 0 Å². The van der Waals surface area contributed by atoms with E-state index in [1.165, 1.54) is 0 Å². The molecule has 0 saturated carbocycles. The van der Waals surface area contributed by atoms with Crippen molar-refractivity contribution < 1.29 is 9.84 Å². The van der Waals surface area contributed by atoms with Crippen LogP contribution in [0.15, 0.2) is 24.3 Å². The Morgan fingerprint density at radius 3 is 2.50 bits per heavy atom. The zero-order valence-electron chi connectivity index (χ0n) is 10.6. The third-order valence-electron chi connectivity index (χ3n) is 3.39. The lowest BCUT2D eigenvalue weighted by Gasteiger charge is -2.36. The summed E-state index contributed by atoms with van der Waals surface area (Å²) in [6.07, 6.45) is 1.35. The first-order valence-corrected chi connectivity index (χ1v) is 6.14. The molecule has 18 heavy (non-hydrogen) atoms. The van der Waals surface area contributed by atoms with Crippen LogP contribution in [-0.4, -0.2) is 37.5 Å². The van der Waals surface area contributed by atoms with Gasteiger partial charge in [-0.15, -0.1) is 0 Å². The molecular weight excluding hydrogens is 228 g/mol. The molecule has 4 heteroatoms. The van der Waals surface area contributed by atoms with Gasteiger partial charge in [-0.2, -0.15) is 5.26 Å². The van der Waals surface area contributed by atoms with Crippen LogP contribution in [0, 0.1) is 11.3 Å². The fourth-order valence-corrected chi connectivity index (χ4v) is 2.23. The molecule has 1 N–H and O–H groups in total. The molecule has 1 aliphatic heterocycles. The van der Waals surface area contributed by atoms with E-state index in [0.717, 1.165) is 5.69 Å². The lowest BCUT2D eigenvalue weighted by molar-refractivity contribution is -0.0572. The summed E-state index contributed by atoms with van der Waals surface area (Å²) in [7, 11) is 1.95. The minimum absolute atomic E-state index is 0.586. The number of hydrogen-bond donors (Lipinski definition) is 1. The summed E-state index contributed by atoms with van der Waals surface area (Å²) < 4.78 is 5.27. The molecule has 0 radical (unpaired) electrons. The van der Waals surface area contributed by atoms with E-state index in [0.29, 0.717) is 38.2 Å². The van der Waals surface area contributed by atoms with Crippen LogP contribution in [0.1, 0.15) is 18.4 Å². The fourth-order valence-electron chi connectivity index (χ4n) is 2.23. The molecule has 0 bridgehead atoms. The Balaban J connectivity index is 2.02. The van der Waals surface area contributed by atoms with Crippen LogP contribution < -0.4 is 4.90 Å². The van der Waals surface area contributed by atoms with Crippen molar-refractivity contribution in [1.29, 1.82) is 5.26 Å². The number of rotatable bonds is 3. The van der Waals surface area contributed by atoms with E-state index in [4.69, 9.17) is 10.00 Å². The molecule has 4 nitrogen and oxygen atoms in total. The predicted molar refractivity (Wildman–Crippen MR) is 69.4 cm³/mol. The molecular formula is C14H18N2O2. The zero-order valence-corrected chi connectivity index (χ0v) is 10.6. The first-order valence-electron chi connectivity index (χ1n) is 6.14. The average Bonchev–Trinajstić information content (AvgIpc) is 2.39. The summed E-state index contributed by atoms with van der Waals surface area (Å²) in [5.41, 5.74) is 0.992. The molecule has 1 aliphatic rings. The summed E-state index contributed by atoms with van der Waals surface area (Å²) in [6, 6.07) is 9.49. The number of hydrogen-bond acceptors (Lipinski definition) is 4. The molecule has 0 unspecified atom stereocenters. The van der Waals surface area contributed by atoms with Gasteiger partial charge >= 0.3 is 0 Å². The largest absolute Gasteiger partial charge is 0.388 e. The molecule has 1 aromatic carbocycles. The molecule has 0 aliphatic carbocycles. The number of aliphatic hydroxyl groups is 1. The highest BCUT2D eigenvalue weighted by molar-refractivity contribution is 5.49. The number of likely N-dealkylation sites (N-methyl/N-ethyl adjacent to an activating group) is 1. The van der Waals surface area contributed by atoms with E-state index in [1.807, 2.05) is 24.1 Å². The van der Waals surface area contributed by atoms with Crippen LogP contribution in [0.3, 0.4) is 0 Å². The van der Waals surface area contributed by atoms with Crippen molar-refractivity contribution in [3.05, 3.63) is 29.8 Å². The molecule has 0 amide bonds. The maximum absolute atomic E-state index is 10.4. The van der Waals surface area contributed by atoms with Crippen molar-refractivity contribution in [2.75, 3.05) is 31.7 Å². The molecule has 1 heterocycles. The van der Waals surface area contributed by atoms with E-state index in [-0.39, 0.29) is 0 Å². The van der Waals surface area contributed by atoms with Crippen LogP contribution in [0.5, 0.6) is 0 Å². The zero-order chi connectivity index (χ0) is 13.0. The quantitative estimate of drug-likeness (QED) is 0.879. The predicted octanol–water partition coefficient (Wildman–Crippen LogP) is 1.54. The Bertz CT molecular complexity index is 430. The Hall–Kier alpha value is -1.57. The van der Waals surface area contributed by atoms with Crippen molar-refractivity contribution in [2.24, 2.45) is 0 Å². The number of benzene rings is 1. The van der Waals surface area contributed by atoms with E-state index < -0.39 is 5.60 Å². The first-order chi connectivity index (χ1) is 8.63. The molecule has 96 valence electrons. The highest BCUT2D eigenvalue weighted by Crippen LogP contribution is 2.24. The van der Waals surface area contributed by atoms with Crippen LogP contribution in [0.4, 0.5) is 5.69 Å². The molecule has 1 aromatic rings. The Morgan fingerprint density at radius 1 is 1.33 bits per heavy atom. The Labute approximate surface area is 107 Å². The van der Waals surface area contributed by atoms with Gasteiger partial charge in [-0.1, -0.05) is 0 Å². The summed E-state index contributed by atoms with van der Waals surface area (Å²) in [6.45, 7) is 1.83. The van der Waals surface area contributed by atoms with Gasteiger partial charge in [0.25, 0.3) is 0 Å². The minimum Gasteiger partial charge on any atom is -0.388 e. The molecule has 2 rings (SSSR count). The molecule has 1 fully saturated rings. The normalized spacial score (nSPS) is 18.1. The second-order valence-corrected chi connectivity index (χ2v) is 4.85. The minimum atomic E-state index is -0.666. The summed E-state index contributed by atoms with van der Waals surface area (Å²) >= 11 is 0. The standard InChI is InChI=1S/C14H18N2O2/c1-16(11-14(17)6-8-18-9-7-14)13-4-2-12(10-15)3-5-13/h2-5,17H,6-9,11H2,1H3. The van der Waals surface area contributed by atoms with Gasteiger partial charge in [-0.05, 0) is 24.3 Å². The second kappa shape index (κ2) is 5.38. The van der Waals surface area contributed by atoms with Crippen LogP contribution in [0.2, 0.25) is 0 Å². The number of nitriles is 1. The third-order valence-corrected chi connectivity index (χ3v) is 3.39. The molecule has 0 spiro atoms. The smallest absolute Gasteiger partial charge is 0.0991 e. The van der Waals surface area contributed by atoms with Crippen molar-refractivity contribution in [2.45, 2.75) is 18.4 Å². The van der Waals surface area contributed by atoms with Crippen LogP contribution in [-0.2, 0) is 4.74 Å². The Morgan fingerprint density at radius 2 is 1.94 bits per heavy atom. The maximum atomic E-state index is 10.4.